The molecule has 1 fully saturated rings. The number of fused-ring (bicyclic) bond motifs is 2. The SMILES string of the molecule is C.C=C/C=C\C(=C)CCCn1cnc2cc(OCC3CCN(CCNc4ccnc5ccccc45)CC3)ccc2c1=O.CC.CC.CCCC.[HH]. The zero-order chi connectivity index (χ0) is 35.9. The van der Waals surface area contributed by atoms with Crippen molar-refractivity contribution in [2.45, 2.75) is 94.0 Å². The molecule has 0 radical (unpaired) electrons. The molecule has 4 aromatic rings. The first-order valence-electron chi connectivity index (χ1n) is 18.4. The number of nitrogens with one attached hydrogen (secondary N) is 1. The number of unbranched alkanes of at least 4 members (excludes halogenated alkanes) is 1. The molecule has 0 atom stereocenters. The second-order valence-corrected chi connectivity index (χ2v) is 11.7. The normalized spacial score (nSPS) is 12.8. The number of nitrogens with zero attached hydrogens (tertiary/aromatic N) is 4. The van der Waals surface area contributed by atoms with Crippen LogP contribution in [0.1, 0.15) is 88.9 Å². The van der Waals surface area contributed by atoms with Crippen molar-refractivity contribution in [3.05, 3.63) is 108 Å². The molecular weight excluding hydrogens is 619 g/mol. The number of hydrogen-bond acceptors (Lipinski definition) is 6. The van der Waals surface area contributed by atoms with Crippen LogP contribution in [-0.2, 0) is 6.54 Å². The molecule has 5 rings (SSSR count). The van der Waals surface area contributed by atoms with Gasteiger partial charge in [0.25, 0.3) is 5.56 Å². The highest BCUT2D eigenvalue weighted by molar-refractivity contribution is 5.90. The monoisotopic (exact) mass is 686 g/mol. The maximum absolute atomic E-state index is 13.0. The van der Waals surface area contributed by atoms with E-state index >= 15 is 0 Å². The van der Waals surface area contributed by atoms with E-state index in [9.17, 15) is 4.79 Å². The van der Waals surface area contributed by atoms with Crippen molar-refractivity contribution in [1.82, 2.24) is 19.4 Å². The first-order valence-corrected chi connectivity index (χ1v) is 18.4. The topological polar surface area (TPSA) is 72.3 Å². The predicted octanol–water partition coefficient (Wildman–Crippen LogP) is 11.0. The standard InChI is InChI=1S/C34H39N5O2.C4H10.2C2H6.CH4.H2/c1-3-4-8-26(2)9-7-19-39-25-37-33-23-28(12-13-30(33)34(39)40)41-24-27-15-20-38(21-16-27)22-18-36-32-14-17-35-31-11-6-5-10-29(31)32;1-3-4-2;2*1-2;;/h3-6,8,10-14,17,23,25,27H,1-2,7,9,15-16,18-22,24H2,(H,35,36);3-4H2,1-2H3;2*1-2H3;1H4;1H/b8-4-;;;;;. The van der Waals surface area contributed by atoms with Crippen LogP contribution in [0.5, 0.6) is 5.75 Å². The summed E-state index contributed by atoms with van der Waals surface area (Å²) in [7, 11) is 0. The molecule has 0 saturated carbocycles. The van der Waals surface area contributed by atoms with Crippen molar-refractivity contribution in [2.75, 3.05) is 38.1 Å². The second kappa shape index (κ2) is 25.7. The molecule has 0 unspecified atom stereocenters. The number of ether oxygens (including phenoxy) is 1. The Morgan fingerprint density at radius 2 is 1.70 bits per heavy atom. The van der Waals surface area contributed by atoms with Gasteiger partial charge in [-0.25, -0.2) is 4.98 Å². The quantitative estimate of drug-likeness (QED) is 0.133. The number of piperidine rings is 1. The summed E-state index contributed by atoms with van der Waals surface area (Å²) in [5.74, 6) is 1.29. The number of para-hydroxylation sites is 1. The van der Waals surface area contributed by atoms with Crippen molar-refractivity contribution in [2.24, 2.45) is 5.92 Å². The van der Waals surface area contributed by atoms with E-state index in [1.54, 1.807) is 17.0 Å². The minimum Gasteiger partial charge on any atom is -0.493 e. The van der Waals surface area contributed by atoms with E-state index in [1.165, 1.54) is 12.8 Å². The van der Waals surface area contributed by atoms with Crippen molar-refractivity contribution in [1.29, 1.82) is 0 Å². The Bertz CT molecular complexity index is 1620. The number of aromatic nitrogens is 3. The fraction of sp³-hybridized carbons (Fsp3) is 0.465. The number of allylic oxidation sites excluding steroid dienone is 4. The molecule has 276 valence electrons. The Balaban J connectivity index is 0.00000230. The average molecular weight is 686 g/mol. The Morgan fingerprint density at radius 3 is 2.40 bits per heavy atom. The first kappa shape index (κ1) is 43.8. The molecule has 0 bridgehead atoms. The summed E-state index contributed by atoms with van der Waals surface area (Å²) in [6.07, 6.45) is 15.6. The summed E-state index contributed by atoms with van der Waals surface area (Å²) in [5.41, 5.74) is 3.83. The molecule has 0 amide bonds. The number of rotatable bonds is 14. The molecule has 1 N–H and O–H groups in total. The predicted molar refractivity (Wildman–Crippen MR) is 221 cm³/mol. The molecule has 1 aliphatic heterocycles. The summed E-state index contributed by atoms with van der Waals surface area (Å²) < 4.78 is 7.83. The molecule has 7 nitrogen and oxygen atoms in total. The number of pyridine rings is 1. The second-order valence-electron chi connectivity index (χ2n) is 11.7. The van der Waals surface area contributed by atoms with Crippen LogP contribution < -0.4 is 15.6 Å². The number of likely N-dealkylation sites (tertiary alicyclic amines) is 1. The van der Waals surface area contributed by atoms with E-state index in [4.69, 9.17) is 4.74 Å². The summed E-state index contributed by atoms with van der Waals surface area (Å²) in [6, 6.07) is 15.9. The van der Waals surface area contributed by atoms with Gasteiger partial charge in [-0.05, 0) is 69.0 Å². The van der Waals surface area contributed by atoms with Crippen molar-refractivity contribution in [3.8, 4) is 5.75 Å². The van der Waals surface area contributed by atoms with Crippen molar-refractivity contribution < 1.29 is 6.16 Å². The van der Waals surface area contributed by atoms with Gasteiger partial charge in [0.1, 0.15) is 5.75 Å². The summed E-state index contributed by atoms with van der Waals surface area (Å²) >= 11 is 0. The minimum atomic E-state index is -0.0206. The van der Waals surface area contributed by atoms with Gasteiger partial charge in [-0.15, -0.1) is 0 Å². The van der Waals surface area contributed by atoms with E-state index in [2.05, 4.69) is 59.3 Å². The van der Waals surface area contributed by atoms with Crippen LogP contribution in [0.25, 0.3) is 21.8 Å². The maximum Gasteiger partial charge on any atom is 0.261 e. The van der Waals surface area contributed by atoms with Gasteiger partial charge in [0, 0.05) is 44.4 Å². The van der Waals surface area contributed by atoms with Crippen LogP contribution in [0.3, 0.4) is 0 Å². The summed E-state index contributed by atoms with van der Waals surface area (Å²) in [5, 5.41) is 5.37. The van der Waals surface area contributed by atoms with E-state index in [0.29, 0.717) is 30.0 Å². The smallest absolute Gasteiger partial charge is 0.261 e. The molecule has 50 heavy (non-hydrogen) atoms. The molecular formula is C43H67N5O2. The number of hydrogen-bond donors (Lipinski definition) is 1. The zero-order valence-electron chi connectivity index (χ0n) is 31.1. The third-order valence-corrected chi connectivity index (χ3v) is 8.25. The molecule has 2 aromatic heterocycles. The molecule has 0 aliphatic carbocycles. The van der Waals surface area contributed by atoms with Gasteiger partial charge in [-0.3, -0.25) is 14.3 Å². The third-order valence-electron chi connectivity index (χ3n) is 8.25. The summed E-state index contributed by atoms with van der Waals surface area (Å²) in [6.45, 7) is 25.4. The van der Waals surface area contributed by atoms with Crippen molar-refractivity contribution in [3.63, 3.8) is 0 Å². The van der Waals surface area contributed by atoms with E-state index in [1.807, 2.05) is 82.4 Å². The lowest BCUT2D eigenvalue weighted by atomic mass is 9.98. The van der Waals surface area contributed by atoms with Gasteiger partial charge < -0.3 is 15.0 Å². The first-order chi connectivity index (χ1) is 24.0. The number of benzene rings is 2. The van der Waals surface area contributed by atoms with Gasteiger partial charge in [-0.1, -0.05) is 117 Å². The van der Waals surface area contributed by atoms with E-state index in [-0.39, 0.29) is 14.4 Å². The molecule has 1 aliphatic rings. The lowest BCUT2D eigenvalue weighted by molar-refractivity contribution is 0.145. The lowest BCUT2D eigenvalue weighted by Crippen LogP contribution is -2.38. The molecule has 2 aromatic carbocycles. The number of aryl methyl sites for hydroxylation is 1. The highest BCUT2D eigenvalue weighted by Gasteiger charge is 2.20. The summed E-state index contributed by atoms with van der Waals surface area (Å²) in [4.78, 5) is 24.5. The molecule has 0 spiro atoms. The Kier molecular flexibility index (Phi) is 22.5. The highest BCUT2D eigenvalue weighted by Crippen LogP contribution is 2.23. The Hall–Kier alpha value is -4.23. The van der Waals surface area contributed by atoms with Crippen LogP contribution in [0.15, 0.2) is 103 Å². The van der Waals surface area contributed by atoms with E-state index < -0.39 is 0 Å². The molecule has 7 heteroatoms. The van der Waals surface area contributed by atoms with Crippen LogP contribution in [0.4, 0.5) is 5.69 Å². The average Bonchev–Trinajstić information content (AvgIpc) is 3.16. The highest BCUT2D eigenvalue weighted by atomic mass is 16.5. The molecule has 1 saturated heterocycles. The fourth-order valence-corrected chi connectivity index (χ4v) is 5.34. The van der Waals surface area contributed by atoms with Gasteiger partial charge in [0.15, 0.2) is 0 Å². The lowest BCUT2D eigenvalue weighted by Gasteiger charge is -2.32. The van der Waals surface area contributed by atoms with Crippen molar-refractivity contribution >= 4 is 27.5 Å². The Labute approximate surface area is 304 Å². The van der Waals surface area contributed by atoms with E-state index in [0.717, 1.165) is 79.8 Å². The van der Waals surface area contributed by atoms with Gasteiger partial charge in [-0.2, -0.15) is 0 Å². The minimum absolute atomic E-state index is 0. The van der Waals surface area contributed by atoms with Crippen LogP contribution in [-0.4, -0.2) is 52.2 Å². The maximum atomic E-state index is 13.0. The molecule has 3 heterocycles. The fourth-order valence-electron chi connectivity index (χ4n) is 5.34. The zero-order valence-corrected chi connectivity index (χ0v) is 31.1. The van der Waals surface area contributed by atoms with Crippen LogP contribution in [0.2, 0.25) is 0 Å². The third kappa shape index (κ3) is 14.3. The van der Waals surface area contributed by atoms with Gasteiger partial charge in [0.2, 0.25) is 0 Å². The van der Waals surface area contributed by atoms with Gasteiger partial charge in [0.05, 0.1) is 29.4 Å². The van der Waals surface area contributed by atoms with Crippen LogP contribution in [0, 0.1) is 5.92 Å². The largest absolute Gasteiger partial charge is 0.493 e. The van der Waals surface area contributed by atoms with Crippen LogP contribution >= 0.6 is 0 Å². The van der Waals surface area contributed by atoms with Gasteiger partial charge >= 0.3 is 0 Å². The number of anilines is 1. The Morgan fingerprint density at radius 1 is 0.980 bits per heavy atom.